The molecule has 0 saturated heterocycles. The standard InChI is InChI=1S/C15H10Cl2N2O3/c16-11-3-1-8(5-12(11)17)19-15(22)7-13(18-19)10-6-9(20)2-4-14(10)21/h1-7,18,20-21H. The van der Waals surface area contributed by atoms with E-state index >= 15 is 0 Å². The summed E-state index contributed by atoms with van der Waals surface area (Å²) in [5.74, 6) is -0.0729. The van der Waals surface area contributed by atoms with Gasteiger partial charge in [0.15, 0.2) is 0 Å². The topological polar surface area (TPSA) is 78.2 Å². The Morgan fingerprint density at radius 2 is 1.73 bits per heavy atom. The number of phenols is 2. The summed E-state index contributed by atoms with van der Waals surface area (Å²) in [5, 5.41) is 22.9. The highest BCUT2D eigenvalue weighted by atomic mass is 35.5. The molecule has 2 aromatic carbocycles. The Kier molecular flexibility index (Phi) is 3.60. The Morgan fingerprint density at radius 1 is 0.955 bits per heavy atom. The summed E-state index contributed by atoms with van der Waals surface area (Å²) >= 11 is 11.8. The monoisotopic (exact) mass is 336 g/mol. The minimum atomic E-state index is -0.337. The minimum absolute atomic E-state index is 0.0177. The Morgan fingerprint density at radius 3 is 2.45 bits per heavy atom. The van der Waals surface area contributed by atoms with Crippen LogP contribution in [0.1, 0.15) is 0 Å². The maximum Gasteiger partial charge on any atom is 0.271 e. The smallest absolute Gasteiger partial charge is 0.271 e. The van der Waals surface area contributed by atoms with Crippen LogP contribution in [-0.4, -0.2) is 20.0 Å². The zero-order valence-electron chi connectivity index (χ0n) is 11.0. The van der Waals surface area contributed by atoms with Gasteiger partial charge in [-0.3, -0.25) is 9.89 Å². The highest BCUT2D eigenvalue weighted by molar-refractivity contribution is 6.42. The highest BCUT2D eigenvalue weighted by Gasteiger charge is 2.12. The van der Waals surface area contributed by atoms with Gasteiger partial charge >= 0.3 is 0 Å². The molecule has 112 valence electrons. The van der Waals surface area contributed by atoms with E-state index in [0.29, 0.717) is 27.0 Å². The van der Waals surface area contributed by atoms with E-state index in [9.17, 15) is 15.0 Å². The molecule has 0 atom stereocenters. The molecule has 3 aromatic rings. The van der Waals surface area contributed by atoms with Crippen molar-refractivity contribution in [3.63, 3.8) is 0 Å². The normalized spacial score (nSPS) is 10.8. The van der Waals surface area contributed by atoms with Crippen molar-refractivity contribution in [3.05, 3.63) is 62.9 Å². The summed E-state index contributed by atoms with van der Waals surface area (Å²) in [6.07, 6.45) is 0. The van der Waals surface area contributed by atoms with Gasteiger partial charge in [0.05, 0.1) is 21.4 Å². The van der Waals surface area contributed by atoms with Crippen LogP contribution in [0, 0.1) is 0 Å². The number of hydrogen-bond acceptors (Lipinski definition) is 3. The summed E-state index contributed by atoms with van der Waals surface area (Å²) in [6, 6.07) is 10.1. The van der Waals surface area contributed by atoms with Crippen molar-refractivity contribution in [1.29, 1.82) is 0 Å². The molecule has 1 aromatic heterocycles. The third-order valence-electron chi connectivity index (χ3n) is 3.15. The number of hydrogen-bond donors (Lipinski definition) is 3. The van der Waals surface area contributed by atoms with Gasteiger partial charge in [-0.15, -0.1) is 0 Å². The summed E-state index contributed by atoms with van der Waals surface area (Å²) in [4.78, 5) is 12.1. The Labute approximate surface area is 135 Å². The molecule has 0 radical (unpaired) electrons. The number of nitrogens with zero attached hydrogens (tertiary/aromatic N) is 1. The second-order valence-corrected chi connectivity index (χ2v) is 5.46. The van der Waals surface area contributed by atoms with E-state index in [2.05, 4.69) is 5.10 Å². The van der Waals surface area contributed by atoms with Crippen LogP contribution in [0.2, 0.25) is 10.0 Å². The molecule has 0 aliphatic rings. The molecule has 22 heavy (non-hydrogen) atoms. The van der Waals surface area contributed by atoms with E-state index < -0.39 is 0 Å². The molecule has 7 heteroatoms. The van der Waals surface area contributed by atoms with E-state index in [4.69, 9.17) is 23.2 Å². The molecule has 0 unspecified atom stereocenters. The fourth-order valence-corrected chi connectivity index (χ4v) is 2.38. The zero-order valence-corrected chi connectivity index (χ0v) is 12.6. The minimum Gasteiger partial charge on any atom is -0.508 e. The fourth-order valence-electron chi connectivity index (χ4n) is 2.09. The summed E-state index contributed by atoms with van der Waals surface area (Å²) in [7, 11) is 0. The molecule has 0 spiro atoms. The van der Waals surface area contributed by atoms with Crippen molar-refractivity contribution < 1.29 is 10.2 Å². The van der Waals surface area contributed by atoms with Crippen molar-refractivity contribution in [2.45, 2.75) is 0 Å². The Balaban J connectivity index is 2.13. The number of aromatic nitrogens is 2. The van der Waals surface area contributed by atoms with Crippen LogP contribution in [0.25, 0.3) is 16.9 Å². The van der Waals surface area contributed by atoms with E-state index in [-0.39, 0.29) is 17.1 Å². The van der Waals surface area contributed by atoms with Crippen molar-refractivity contribution in [2.24, 2.45) is 0 Å². The zero-order chi connectivity index (χ0) is 15.9. The van der Waals surface area contributed by atoms with Crippen molar-refractivity contribution in [2.75, 3.05) is 0 Å². The van der Waals surface area contributed by atoms with Crippen molar-refractivity contribution in [3.8, 4) is 28.4 Å². The first-order chi connectivity index (χ1) is 10.5. The molecule has 3 N–H and O–H groups in total. The van der Waals surface area contributed by atoms with Gasteiger partial charge in [-0.2, -0.15) is 0 Å². The van der Waals surface area contributed by atoms with Gasteiger partial charge in [-0.25, -0.2) is 4.68 Å². The van der Waals surface area contributed by atoms with Gasteiger partial charge in [0.2, 0.25) is 0 Å². The van der Waals surface area contributed by atoms with Crippen LogP contribution in [-0.2, 0) is 0 Å². The van der Waals surface area contributed by atoms with Crippen LogP contribution >= 0.6 is 23.2 Å². The molecule has 0 amide bonds. The van der Waals surface area contributed by atoms with E-state index in [1.807, 2.05) is 0 Å². The largest absolute Gasteiger partial charge is 0.508 e. The number of nitrogens with one attached hydrogen (secondary N) is 1. The molecular formula is C15H10Cl2N2O3. The van der Waals surface area contributed by atoms with Crippen LogP contribution in [0.3, 0.4) is 0 Å². The fraction of sp³-hybridized carbons (Fsp3) is 0. The summed E-state index contributed by atoms with van der Waals surface area (Å²) in [5.41, 5.74) is 0.849. The average Bonchev–Trinajstić information content (AvgIpc) is 2.86. The molecule has 0 fully saturated rings. The molecule has 0 aliphatic carbocycles. The van der Waals surface area contributed by atoms with Gasteiger partial charge < -0.3 is 10.2 Å². The summed E-state index contributed by atoms with van der Waals surface area (Å²) < 4.78 is 1.26. The Bertz CT molecular complexity index is 915. The SMILES string of the molecule is O=c1cc(-c2cc(O)ccc2O)[nH]n1-c1ccc(Cl)c(Cl)c1. The first-order valence-corrected chi connectivity index (χ1v) is 7.01. The van der Waals surface area contributed by atoms with Gasteiger partial charge in [0.1, 0.15) is 11.5 Å². The highest BCUT2D eigenvalue weighted by Crippen LogP contribution is 2.31. The molecule has 5 nitrogen and oxygen atoms in total. The van der Waals surface area contributed by atoms with E-state index in [1.54, 1.807) is 18.2 Å². The molecule has 0 aliphatic heterocycles. The molecule has 0 bridgehead atoms. The lowest BCUT2D eigenvalue weighted by Crippen LogP contribution is -2.13. The predicted molar refractivity (Wildman–Crippen MR) is 85.2 cm³/mol. The third-order valence-corrected chi connectivity index (χ3v) is 3.89. The maximum atomic E-state index is 12.1. The van der Waals surface area contributed by atoms with E-state index in [0.717, 1.165) is 0 Å². The number of phenolic OH excluding ortho intramolecular Hbond substituents is 2. The van der Waals surface area contributed by atoms with Gasteiger partial charge in [0, 0.05) is 11.6 Å². The van der Waals surface area contributed by atoms with Crippen LogP contribution < -0.4 is 5.56 Å². The van der Waals surface area contributed by atoms with Gasteiger partial charge in [-0.1, -0.05) is 23.2 Å². The lowest BCUT2D eigenvalue weighted by molar-refractivity contribution is 0.461. The number of halogens is 2. The first kappa shape index (κ1) is 14.6. The van der Waals surface area contributed by atoms with Crippen molar-refractivity contribution in [1.82, 2.24) is 9.78 Å². The molecule has 3 rings (SSSR count). The number of aromatic hydroxyl groups is 2. The van der Waals surface area contributed by atoms with Gasteiger partial charge in [-0.05, 0) is 36.4 Å². The number of aromatic amines is 1. The second-order valence-electron chi connectivity index (χ2n) is 4.64. The third kappa shape index (κ3) is 2.56. The lowest BCUT2D eigenvalue weighted by Gasteiger charge is -2.05. The van der Waals surface area contributed by atoms with E-state index in [1.165, 1.54) is 28.9 Å². The summed E-state index contributed by atoms with van der Waals surface area (Å²) in [6.45, 7) is 0. The maximum absolute atomic E-state index is 12.1. The average molecular weight is 337 g/mol. The van der Waals surface area contributed by atoms with Gasteiger partial charge in [0.25, 0.3) is 5.56 Å². The van der Waals surface area contributed by atoms with Crippen molar-refractivity contribution >= 4 is 23.2 Å². The first-order valence-electron chi connectivity index (χ1n) is 6.25. The lowest BCUT2D eigenvalue weighted by atomic mass is 10.1. The Hall–Kier alpha value is -2.37. The molecular weight excluding hydrogens is 327 g/mol. The van der Waals surface area contributed by atoms with Crippen LogP contribution in [0.4, 0.5) is 0 Å². The number of H-pyrrole nitrogens is 1. The van der Waals surface area contributed by atoms with Crippen LogP contribution in [0.15, 0.2) is 47.3 Å². The molecule has 1 heterocycles. The predicted octanol–water partition coefficient (Wildman–Crippen LogP) is 3.55. The molecule has 0 saturated carbocycles. The number of benzene rings is 2. The second kappa shape index (κ2) is 5.44. The number of rotatable bonds is 2. The van der Waals surface area contributed by atoms with Crippen LogP contribution in [0.5, 0.6) is 11.5 Å². The quantitative estimate of drug-likeness (QED) is 0.626.